The predicted molar refractivity (Wildman–Crippen MR) is 245 cm³/mol. The van der Waals surface area contributed by atoms with Gasteiger partial charge in [0.25, 0.3) is 0 Å². The van der Waals surface area contributed by atoms with E-state index in [0.29, 0.717) is 0 Å². The molecule has 0 aliphatic heterocycles. The zero-order chi connectivity index (χ0) is 37.9. The van der Waals surface area contributed by atoms with Crippen LogP contribution in [0, 0.1) is 0 Å². The summed E-state index contributed by atoms with van der Waals surface area (Å²) in [5.41, 5.74) is 10.9. The smallest absolute Gasteiger partial charge is 0.139 e. The predicted octanol–water partition coefficient (Wildman–Crippen LogP) is 16.3. The second-order valence-corrected chi connectivity index (χ2v) is 15.6. The van der Waals surface area contributed by atoms with Gasteiger partial charge < -0.3 is 8.83 Å². The van der Waals surface area contributed by atoms with Crippen LogP contribution >= 0.6 is 0 Å². The minimum atomic E-state index is 0.840. The maximum absolute atomic E-state index is 6.46. The van der Waals surface area contributed by atoms with Crippen LogP contribution < -0.4 is 0 Å². The average Bonchev–Trinajstić information content (AvgIpc) is 3.82. The summed E-state index contributed by atoms with van der Waals surface area (Å²) in [7, 11) is 0. The normalized spacial score (nSPS) is 12.1. The van der Waals surface area contributed by atoms with Crippen molar-refractivity contribution in [1.82, 2.24) is 0 Å². The summed E-state index contributed by atoms with van der Waals surface area (Å²) in [5.74, 6) is 0. The fourth-order valence-electron chi connectivity index (χ4n) is 9.67. The summed E-state index contributed by atoms with van der Waals surface area (Å²) in [6, 6.07) is 70.7. The van der Waals surface area contributed by atoms with E-state index in [1.807, 2.05) is 18.2 Å². The van der Waals surface area contributed by atoms with Crippen molar-refractivity contribution < 1.29 is 8.83 Å². The molecule has 0 saturated carbocycles. The first-order chi connectivity index (χ1) is 28.7. The quantitative estimate of drug-likeness (QED) is 0.169. The van der Waals surface area contributed by atoms with E-state index < -0.39 is 0 Å². The van der Waals surface area contributed by atoms with Gasteiger partial charge >= 0.3 is 0 Å². The highest BCUT2D eigenvalue weighted by Gasteiger charge is 2.19. The first-order valence-electron chi connectivity index (χ1n) is 19.9. The Morgan fingerprint density at radius 1 is 0.224 bits per heavy atom. The molecule has 0 saturated heterocycles. The summed E-state index contributed by atoms with van der Waals surface area (Å²) in [5, 5.41) is 16.8. The molecular weight excluding hydrogens is 705 g/mol. The Bertz CT molecular complexity index is 3800. The largest absolute Gasteiger partial charge is 0.456 e. The zero-order valence-electron chi connectivity index (χ0n) is 31.3. The molecule has 0 fully saturated rings. The number of fused-ring (bicyclic) bond motifs is 11. The van der Waals surface area contributed by atoms with Gasteiger partial charge in [0.15, 0.2) is 0 Å². The van der Waals surface area contributed by atoms with Crippen LogP contribution in [0.2, 0.25) is 0 Å². The molecule has 0 unspecified atom stereocenters. The van der Waals surface area contributed by atoms with Crippen molar-refractivity contribution >= 4 is 97.7 Å². The van der Waals surface area contributed by atoms with Gasteiger partial charge in [-0.15, -0.1) is 0 Å². The third-order valence-corrected chi connectivity index (χ3v) is 12.4. The van der Waals surface area contributed by atoms with E-state index in [0.717, 1.165) is 49.3 Å². The summed E-state index contributed by atoms with van der Waals surface area (Å²) < 4.78 is 12.6. The van der Waals surface area contributed by atoms with Crippen molar-refractivity contribution in [2.24, 2.45) is 0 Å². The molecule has 0 atom stereocenters. The third kappa shape index (κ3) is 4.60. The van der Waals surface area contributed by atoms with E-state index >= 15 is 0 Å². The van der Waals surface area contributed by atoms with Gasteiger partial charge in [-0.2, -0.15) is 0 Å². The molecule has 0 aliphatic carbocycles. The maximum Gasteiger partial charge on any atom is 0.139 e. The SMILES string of the molecule is c1ccc2c(-c3c4ccccc4c(-c4ccc5cc(-c6ccc7cc8c(cc7c6)oc6cc7oc9ccccc9c7cc68)ccc5c4)c4ccccc34)cccc2c1. The number of hydrogen-bond donors (Lipinski definition) is 0. The molecule has 0 aliphatic rings. The number of furan rings is 2. The molecule has 2 heteroatoms. The molecule has 0 amide bonds. The van der Waals surface area contributed by atoms with Crippen LogP contribution in [0.4, 0.5) is 0 Å². The lowest BCUT2D eigenvalue weighted by Crippen LogP contribution is -1.91. The minimum absolute atomic E-state index is 0.840. The molecule has 13 rings (SSSR count). The van der Waals surface area contributed by atoms with E-state index in [-0.39, 0.29) is 0 Å². The Kier molecular flexibility index (Phi) is 6.47. The summed E-state index contributed by atoms with van der Waals surface area (Å²) >= 11 is 0. The van der Waals surface area contributed by atoms with Gasteiger partial charge in [-0.25, -0.2) is 0 Å². The zero-order valence-corrected chi connectivity index (χ0v) is 31.3. The van der Waals surface area contributed by atoms with Gasteiger partial charge in [0.1, 0.15) is 22.3 Å². The second kappa shape index (κ2) is 11.9. The Balaban J connectivity index is 0.915. The van der Waals surface area contributed by atoms with Gasteiger partial charge in [-0.1, -0.05) is 146 Å². The van der Waals surface area contributed by atoms with Crippen LogP contribution in [0.5, 0.6) is 0 Å². The minimum Gasteiger partial charge on any atom is -0.456 e. The number of benzene rings is 11. The summed E-state index contributed by atoms with van der Waals surface area (Å²) in [6.07, 6.45) is 0. The van der Waals surface area contributed by atoms with Gasteiger partial charge in [-0.05, 0) is 130 Å². The Morgan fingerprint density at radius 2 is 0.707 bits per heavy atom. The standard InChI is InChI=1S/C56H32O2/c1-2-12-41-33(10-1)11-9-18-43(41)56-46-16-5-3-14-44(46)55(45-15-4-6-17-47(45)56)39-25-24-35-26-34(20-21-36(35)27-39)37-22-23-38-29-48-50-31-49-42-13-7-8-19-51(42)57-53(49)32-54(50)58-52(48)30-40(38)28-37/h1-32H. The van der Waals surface area contributed by atoms with Crippen LogP contribution in [0.3, 0.4) is 0 Å². The first-order valence-corrected chi connectivity index (χ1v) is 19.9. The third-order valence-electron chi connectivity index (χ3n) is 12.4. The van der Waals surface area contributed by atoms with Gasteiger partial charge in [0, 0.05) is 27.6 Å². The van der Waals surface area contributed by atoms with Crippen molar-refractivity contribution in [1.29, 1.82) is 0 Å². The summed E-state index contributed by atoms with van der Waals surface area (Å²) in [6.45, 7) is 0. The van der Waals surface area contributed by atoms with Crippen molar-refractivity contribution in [2.75, 3.05) is 0 Å². The molecule has 2 aromatic heterocycles. The Morgan fingerprint density at radius 3 is 1.43 bits per heavy atom. The van der Waals surface area contributed by atoms with Crippen molar-refractivity contribution in [3.8, 4) is 33.4 Å². The highest BCUT2D eigenvalue weighted by molar-refractivity contribution is 6.24. The highest BCUT2D eigenvalue weighted by Crippen LogP contribution is 2.46. The topological polar surface area (TPSA) is 26.3 Å². The maximum atomic E-state index is 6.46. The Hall–Kier alpha value is -7.68. The molecule has 13 aromatic rings. The van der Waals surface area contributed by atoms with Crippen LogP contribution in [0.15, 0.2) is 203 Å². The van der Waals surface area contributed by atoms with Crippen LogP contribution in [0.1, 0.15) is 0 Å². The summed E-state index contributed by atoms with van der Waals surface area (Å²) in [4.78, 5) is 0. The van der Waals surface area contributed by atoms with Crippen LogP contribution in [-0.2, 0) is 0 Å². The molecular formula is C56H32O2. The molecule has 0 spiro atoms. The van der Waals surface area contributed by atoms with E-state index in [4.69, 9.17) is 8.83 Å². The lowest BCUT2D eigenvalue weighted by molar-refractivity contribution is 0.656. The molecule has 0 N–H and O–H groups in total. The molecule has 268 valence electrons. The van der Waals surface area contributed by atoms with Gasteiger partial charge in [-0.3, -0.25) is 0 Å². The molecule has 2 nitrogen and oxygen atoms in total. The molecule has 0 bridgehead atoms. The van der Waals surface area contributed by atoms with Crippen LogP contribution in [0.25, 0.3) is 131 Å². The molecule has 58 heavy (non-hydrogen) atoms. The van der Waals surface area contributed by atoms with E-state index in [1.54, 1.807) is 0 Å². The van der Waals surface area contributed by atoms with Gasteiger partial charge in [0.05, 0.1) is 0 Å². The van der Waals surface area contributed by atoms with Crippen molar-refractivity contribution in [3.63, 3.8) is 0 Å². The number of para-hydroxylation sites is 1. The van der Waals surface area contributed by atoms with E-state index in [1.165, 1.54) is 81.9 Å². The lowest BCUT2D eigenvalue weighted by Gasteiger charge is -2.19. The molecule has 2 heterocycles. The van der Waals surface area contributed by atoms with Gasteiger partial charge in [0.2, 0.25) is 0 Å². The molecule has 0 radical (unpaired) electrons. The van der Waals surface area contributed by atoms with E-state index in [2.05, 4.69) is 176 Å². The second-order valence-electron chi connectivity index (χ2n) is 15.6. The van der Waals surface area contributed by atoms with Crippen molar-refractivity contribution in [3.05, 3.63) is 194 Å². The average molecular weight is 737 g/mol. The Labute approximate surface area is 332 Å². The van der Waals surface area contributed by atoms with E-state index in [9.17, 15) is 0 Å². The van der Waals surface area contributed by atoms with Crippen LogP contribution in [-0.4, -0.2) is 0 Å². The molecule has 11 aromatic carbocycles. The lowest BCUT2D eigenvalue weighted by atomic mass is 9.84. The fourth-order valence-corrected chi connectivity index (χ4v) is 9.67. The van der Waals surface area contributed by atoms with Crippen molar-refractivity contribution in [2.45, 2.75) is 0 Å². The highest BCUT2D eigenvalue weighted by atomic mass is 16.3. The first kappa shape index (κ1) is 31.5. The monoisotopic (exact) mass is 736 g/mol. The fraction of sp³-hybridized carbons (Fsp3) is 0. The number of hydrogen-bond acceptors (Lipinski definition) is 2. The number of rotatable bonds is 3.